The smallest absolute Gasteiger partial charge is 0.118 e. The van der Waals surface area contributed by atoms with Crippen LogP contribution >= 0.6 is 0 Å². The van der Waals surface area contributed by atoms with E-state index < -0.39 is 12.2 Å². The van der Waals surface area contributed by atoms with Crippen LogP contribution in [0.25, 0.3) is 0 Å². The second kappa shape index (κ2) is 5.11. The number of hydrogen-bond acceptors (Lipinski definition) is 4. The molecule has 0 bridgehead atoms. The number of benzene rings is 1. The minimum atomic E-state index is -1.000. The Balaban J connectivity index is 2.81. The fourth-order valence-electron chi connectivity index (χ4n) is 1.36. The third-order valence-electron chi connectivity index (χ3n) is 2.40. The Bertz CT molecular complexity index is 328. The monoisotopic (exact) mass is 211 g/mol. The maximum atomic E-state index is 9.72. The lowest BCUT2D eigenvalue weighted by Gasteiger charge is -2.17. The maximum Gasteiger partial charge on any atom is 0.118 e. The zero-order valence-corrected chi connectivity index (χ0v) is 8.72. The van der Waals surface area contributed by atoms with Crippen LogP contribution in [0.2, 0.25) is 0 Å². The summed E-state index contributed by atoms with van der Waals surface area (Å²) in [4.78, 5) is 0. The molecule has 0 radical (unpaired) electrons. The highest BCUT2D eigenvalue weighted by atomic mass is 16.3. The fourth-order valence-corrected chi connectivity index (χ4v) is 1.36. The van der Waals surface area contributed by atoms with Crippen LogP contribution in [0.1, 0.15) is 23.7 Å². The van der Waals surface area contributed by atoms with E-state index in [1.54, 1.807) is 19.1 Å². The topological polar surface area (TPSA) is 86.7 Å². The molecular formula is C11H17NO3. The Labute approximate surface area is 89.0 Å². The second-order valence-electron chi connectivity index (χ2n) is 3.64. The predicted molar refractivity (Wildman–Crippen MR) is 57.5 cm³/mol. The normalized spacial score (nSPS) is 14.9. The Morgan fingerprint density at radius 1 is 1.33 bits per heavy atom. The van der Waals surface area contributed by atoms with Crippen LogP contribution in [0.5, 0.6) is 5.75 Å². The number of rotatable bonds is 4. The van der Waals surface area contributed by atoms with Crippen LogP contribution < -0.4 is 5.73 Å². The van der Waals surface area contributed by atoms with E-state index in [9.17, 15) is 15.3 Å². The summed E-state index contributed by atoms with van der Waals surface area (Å²) in [5.41, 5.74) is 6.51. The molecule has 0 spiro atoms. The van der Waals surface area contributed by atoms with Crippen molar-refractivity contribution in [1.29, 1.82) is 0 Å². The van der Waals surface area contributed by atoms with Crippen molar-refractivity contribution >= 4 is 0 Å². The molecule has 4 heteroatoms. The van der Waals surface area contributed by atoms with Crippen LogP contribution in [0, 0.1) is 6.92 Å². The summed E-state index contributed by atoms with van der Waals surface area (Å²) < 4.78 is 0. The number of nitrogens with two attached hydrogens (primary N) is 1. The van der Waals surface area contributed by atoms with E-state index in [4.69, 9.17) is 5.73 Å². The van der Waals surface area contributed by atoms with Gasteiger partial charge in [0.25, 0.3) is 0 Å². The Kier molecular flexibility index (Phi) is 4.08. The van der Waals surface area contributed by atoms with E-state index in [2.05, 4.69) is 0 Å². The van der Waals surface area contributed by atoms with Gasteiger partial charge >= 0.3 is 0 Å². The van der Waals surface area contributed by atoms with E-state index in [0.717, 1.165) is 5.56 Å². The summed E-state index contributed by atoms with van der Waals surface area (Å²) in [6, 6.07) is 4.84. The molecule has 2 atom stereocenters. The number of hydrogen-bond donors (Lipinski definition) is 4. The lowest BCUT2D eigenvalue weighted by Crippen LogP contribution is -2.21. The van der Waals surface area contributed by atoms with Crippen LogP contribution in [0.4, 0.5) is 0 Å². The standard InChI is InChI=1S/C11H17NO3/c1-7-2-3-8(6-10(7)14)11(15)9(13)4-5-12/h2-3,6,9,11,13-15H,4-5,12H2,1H3. The SMILES string of the molecule is Cc1ccc(C(O)C(O)CCN)cc1O. The molecule has 0 aliphatic heterocycles. The van der Waals surface area contributed by atoms with Gasteiger partial charge < -0.3 is 21.1 Å². The minimum absolute atomic E-state index is 0.117. The van der Waals surface area contributed by atoms with E-state index in [-0.39, 0.29) is 5.75 Å². The Hall–Kier alpha value is -1.10. The van der Waals surface area contributed by atoms with Gasteiger partial charge in [-0.25, -0.2) is 0 Å². The highest BCUT2D eigenvalue weighted by molar-refractivity contribution is 5.36. The third kappa shape index (κ3) is 2.92. The van der Waals surface area contributed by atoms with Crippen LogP contribution in [0.3, 0.4) is 0 Å². The molecule has 84 valence electrons. The summed E-state index contributed by atoms with van der Waals surface area (Å²) in [5.74, 6) is 0.117. The van der Waals surface area contributed by atoms with Gasteiger partial charge in [-0.05, 0) is 37.1 Å². The Morgan fingerprint density at radius 2 is 2.00 bits per heavy atom. The molecule has 0 aliphatic carbocycles. The van der Waals surface area contributed by atoms with Gasteiger partial charge in [-0.15, -0.1) is 0 Å². The van der Waals surface area contributed by atoms with Crippen LogP contribution in [-0.4, -0.2) is 28.0 Å². The summed E-state index contributed by atoms with van der Waals surface area (Å²) in [6.07, 6.45) is -1.56. The molecule has 5 N–H and O–H groups in total. The van der Waals surface area contributed by atoms with Crippen LogP contribution in [-0.2, 0) is 0 Å². The van der Waals surface area contributed by atoms with Crippen molar-refractivity contribution < 1.29 is 15.3 Å². The molecule has 0 aliphatic rings. The molecule has 2 unspecified atom stereocenters. The molecule has 4 nitrogen and oxygen atoms in total. The van der Waals surface area contributed by atoms with Crippen molar-refractivity contribution in [2.45, 2.75) is 25.6 Å². The van der Waals surface area contributed by atoms with Crippen LogP contribution in [0.15, 0.2) is 18.2 Å². The van der Waals surface area contributed by atoms with Crippen molar-refractivity contribution in [3.05, 3.63) is 29.3 Å². The molecule has 1 rings (SSSR count). The number of aryl methyl sites for hydroxylation is 1. The molecule has 15 heavy (non-hydrogen) atoms. The molecule has 0 aromatic heterocycles. The molecule has 1 aromatic rings. The van der Waals surface area contributed by atoms with E-state index in [1.807, 2.05) is 0 Å². The molecule has 0 saturated carbocycles. The van der Waals surface area contributed by atoms with Gasteiger partial charge in [0.2, 0.25) is 0 Å². The lowest BCUT2D eigenvalue weighted by atomic mass is 10.0. The minimum Gasteiger partial charge on any atom is -0.508 e. The number of phenols is 1. The Morgan fingerprint density at radius 3 is 2.53 bits per heavy atom. The van der Waals surface area contributed by atoms with Gasteiger partial charge in [-0.2, -0.15) is 0 Å². The summed E-state index contributed by atoms with van der Waals surface area (Å²) in [7, 11) is 0. The summed E-state index contributed by atoms with van der Waals surface area (Å²) >= 11 is 0. The average molecular weight is 211 g/mol. The number of aliphatic hydroxyl groups excluding tert-OH is 2. The van der Waals surface area contributed by atoms with Crippen molar-refractivity contribution in [1.82, 2.24) is 0 Å². The first-order valence-electron chi connectivity index (χ1n) is 4.92. The maximum absolute atomic E-state index is 9.72. The van der Waals surface area contributed by atoms with Gasteiger partial charge in [0.1, 0.15) is 11.9 Å². The second-order valence-corrected chi connectivity index (χ2v) is 3.64. The molecular weight excluding hydrogens is 194 g/mol. The van der Waals surface area contributed by atoms with Gasteiger partial charge in [-0.3, -0.25) is 0 Å². The van der Waals surface area contributed by atoms with Crippen molar-refractivity contribution in [3.8, 4) is 5.75 Å². The van der Waals surface area contributed by atoms with Crippen molar-refractivity contribution in [3.63, 3.8) is 0 Å². The van der Waals surface area contributed by atoms with Gasteiger partial charge in [0.05, 0.1) is 6.10 Å². The first-order valence-corrected chi connectivity index (χ1v) is 4.92. The van der Waals surface area contributed by atoms with E-state index in [0.29, 0.717) is 18.5 Å². The van der Waals surface area contributed by atoms with Crippen molar-refractivity contribution in [2.75, 3.05) is 6.54 Å². The van der Waals surface area contributed by atoms with Gasteiger partial charge in [0, 0.05) is 0 Å². The quantitative estimate of drug-likeness (QED) is 0.582. The summed E-state index contributed by atoms with van der Waals surface area (Å²) in [6.45, 7) is 2.08. The zero-order valence-electron chi connectivity index (χ0n) is 8.72. The molecule has 1 aromatic carbocycles. The van der Waals surface area contributed by atoms with Gasteiger partial charge in [-0.1, -0.05) is 12.1 Å². The molecule has 0 saturated heterocycles. The lowest BCUT2D eigenvalue weighted by molar-refractivity contribution is 0.0149. The summed E-state index contributed by atoms with van der Waals surface area (Å²) in [5, 5.41) is 28.7. The number of phenolic OH excluding ortho intramolecular Hbond substituents is 1. The number of aromatic hydroxyl groups is 1. The van der Waals surface area contributed by atoms with E-state index in [1.165, 1.54) is 6.07 Å². The largest absolute Gasteiger partial charge is 0.508 e. The predicted octanol–water partition coefficient (Wildman–Crippen LogP) is 0.444. The third-order valence-corrected chi connectivity index (χ3v) is 2.40. The first-order chi connectivity index (χ1) is 7.06. The average Bonchev–Trinajstić information content (AvgIpc) is 2.21. The fraction of sp³-hybridized carbons (Fsp3) is 0.455. The first kappa shape index (κ1) is 12.0. The molecule has 0 amide bonds. The van der Waals surface area contributed by atoms with Gasteiger partial charge in [0.15, 0.2) is 0 Å². The highest BCUT2D eigenvalue weighted by Gasteiger charge is 2.18. The highest BCUT2D eigenvalue weighted by Crippen LogP contribution is 2.24. The zero-order chi connectivity index (χ0) is 11.4. The van der Waals surface area contributed by atoms with E-state index >= 15 is 0 Å². The molecule has 0 fully saturated rings. The molecule has 0 heterocycles. The van der Waals surface area contributed by atoms with Crippen molar-refractivity contribution in [2.24, 2.45) is 5.73 Å². The number of aliphatic hydroxyl groups is 2.